The zero-order valence-electron chi connectivity index (χ0n) is 10.2. The number of hydrogen-bond acceptors (Lipinski definition) is 3. The number of halogens is 2. The van der Waals surface area contributed by atoms with Crippen LogP contribution in [0.5, 0.6) is 5.75 Å². The summed E-state index contributed by atoms with van der Waals surface area (Å²) in [6.45, 7) is -1.08. The maximum Gasteiger partial charge on any atom is 0.387 e. The number of benzene rings is 1. The summed E-state index contributed by atoms with van der Waals surface area (Å²) >= 11 is 0. The molecule has 3 nitrogen and oxygen atoms in total. The molecule has 18 heavy (non-hydrogen) atoms. The lowest BCUT2D eigenvalue weighted by Crippen LogP contribution is -2.44. The number of aliphatic hydroxyl groups is 1. The summed E-state index contributed by atoms with van der Waals surface area (Å²) in [5.41, 5.74) is 0.123. The molecule has 2 N–H and O–H groups in total. The first kappa shape index (κ1) is 13.2. The van der Waals surface area contributed by atoms with Crippen LogP contribution in [0, 0.1) is 0 Å². The number of hydrogen-bond donors (Lipinski definition) is 2. The van der Waals surface area contributed by atoms with Crippen molar-refractivity contribution < 1.29 is 18.6 Å². The third kappa shape index (κ3) is 3.17. The number of nitrogens with one attached hydrogen (secondary N) is 1. The molecule has 1 aromatic carbocycles. The standard InChI is InChI=1S/C13H17F2NO2/c1-13(8-17,16-10-5-6-10)9-3-2-4-11(7-9)18-12(14)15/h2-4,7,10,12,16-17H,5-6,8H2,1H3. The van der Waals surface area contributed by atoms with E-state index in [4.69, 9.17) is 0 Å². The smallest absolute Gasteiger partial charge is 0.387 e. The Morgan fingerprint density at radius 3 is 2.78 bits per heavy atom. The van der Waals surface area contributed by atoms with Crippen LogP contribution < -0.4 is 10.1 Å². The van der Waals surface area contributed by atoms with Crippen LogP contribution >= 0.6 is 0 Å². The summed E-state index contributed by atoms with van der Waals surface area (Å²) in [6.07, 6.45) is 2.17. The van der Waals surface area contributed by atoms with E-state index in [-0.39, 0.29) is 12.4 Å². The molecule has 0 aliphatic heterocycles. The highest BCUT2D eigenvalue weighted by Gasteiger charge is 2.33. The average Bonchev–Trinajstić information content (AvgIpc) is 3.12. The van der Waals surface area contributed by atoms with Crippen LogP contribution in [-0.4, -0.2) is 24.4 Å². The summed E-state index contributed by atoms with van der Waals surface area (Å²) in [4.78, 5) is 0. The van der Waals surface area contributed by atoms with Gasteiger partial charge in [0.15, 0.2) is 0 Å². The van der Waals surface area contributed by atoms with Crippen molar-refractivity contribution in [3.63, 3.8) is 0 Å². The van der Waals surface area contributed by atoms with Crippen LogP contribution in [0.1, 0.15) is 25.3 Å². The molecule has 0 saturated heterocycles. The lowest BCUT2D eigenvalue weighted by Gasteiger charge is -2.30. The molecule has 2 rings (SSSR count). The van der Waals surface area contributed by atoms with Crippen molar-refractivity contribution >= 4 is 0 Å². The van der Waals surface area contributed by atoms with Crippen molar-refractivity contribution in [1.82, 2.24) is 5.32 Å². The first-order valence-electron chi connectivity index (χ1n) is 5.97. The normalized spacial score (nSPS) is 18.7. The topological polar surface area (TPSA) is 41.5 Å². The number of rotatable bonds is 6. The third-order valence-electron chi connectivity index (χ3n) is 3.11. The Balaban J connectivity index is 2.18. The predicted molar refractivity (Wildman–Crippen MR) is 63.7 cm³/mol. The molecular weight excluding hydrogens is 240 g/mol. The van der Waals surface area contributed by atoms with Crippen LogP contribution in [0.4, 0.5) is 8.78 Å². The van der Waals surface area contributed by atoms with Crippen molar-refractivity contribution in [2.24, 2.45) is 0 Å². The van der Waals surface area contributed by atoms with Crippen LogP contribution in [0.15, 0.2) is 24.3 Å². The summed E-state index contributed by atoms with van der Waals surface area (Å²) in [7, 11) is 0. The van der Waals surface area contributed by atoms with Crippen LogP contribution in [0.25, 0.3) is 0 Å². The molecule has 1 unspecified atom stereocenters. The quantitative estimate of drug-likeness (QED) is 0.821. The molecule has 1 atom stereocenters. The molecule has 0 spiro atoms. The summed E-state index contributed by atoms with van der Waals surface area (Å²) in [6, 6.07) is 6.86. The molecule has 0 radical (unpaired) electrons. The maximum absolute atomic E-state index is 12.2. The number of aliphatic hydroxyl groups excluding tert-OH is 1. The third-order valence-corrected chi connectivity index (χ3v) is 3.11. The Morgan fingerprint density at radius 1 is 1.50 bits per heavy atom. The Morgan fingerprint density at radius 2 is 2.22 bits per heavy atom. The van der Waals surface area contributed by atoms with Gasteiger partial charge in [-0.05, 0) is 37.5 Å². The van der Waals surface area contributed by atoms with Gasteiger partial charge in [0.05, 0.1) is 12.1 Å². The fourth-order valence-electron chi connectivity index (χ4n) is 1.91. The second-order valence-corrected chi connectivity index (χ2v) is 4.82. The van der Waals surface area contributed by atoms with Gasteiger partial charge in [-0.2, -0.15) is 8.78 Å². The second kappa shape index (κ2) is 5.20. The molecule has 1 saturated carbocycles. The van der Waals surface area contributed by atoms with Gasteiger partial charge < -0.3 is 15.2 Å². The Bertz CT molecular complexity index is 410. The van der Waals surface area contributed by atoms with E-state index in [0.717, 1.165) is 18.4 Å². The summed E-state index contributed by atoms with van der Waals surface area (Å²) < 4.78 is 28.7. The molecule has 1 aliphatic carbocycles. The first-order chi connectivity index (χ1) is 8.53. The number of ether oxygens (including phenoxy) is 1. The summed E-state index contributed by atoms with van der Waals surface area (Å²) in [5, 5.41) is 12.9. The van der Waals surface area contributed by atoms with Gasteiger partial charge in [0.2, 0.25) is 0 Å². The van der Waals surface area contributed by atoms with E-state index < -0.39 is 12.2 Å². The maximum atomic E-state index is 12.2. The molecule has 100 valence electrons. The highest BCUT2D eigenvalue weighted by atomic mass is 19.3. The molecule has 0 amide bonds. The van der Waals surface area contributed by atoms with Gasteiger partial charge >= 0.3 is 6.61 Å². The lowest BCUT2D eigenvalue weighted by molar-refractivity contribution is -0.0499. The largest absolute Gasteiger partial charge is 0.435 e. The molecule has 5 heteroatoms. The molecule has 1 fully saturated rings. The van der Waals surface area contributed by atoms with Gasteiger partial charge in [-0.3, -0.25) is 0 Å². The van der Waals surface area contributed by atoms with E-state index >= 15 is 0 Å². The molecule has 0 aromatic heterocycles. The van der Waals surface area contributed by atoms with E-state index in [2.05, 4.69) is 10.1 Å². The lowest BCUT2D eigenvalue weighted by atomic mass is 9.92. The highest BCUT2D eigenvalue weighted by molar-refractivity contribution is 5.33. The average molecular weight is 257 g/mol. The second-order valence-electron chi connectivity index (χ2n) is 4.82. The van der Waals surface area contributed by atoms with Crippen LogP contribution in [0.2, 0.25) is 0 Å². The van der Waals surface area contributed by atoms with Gasteiger partial charge in [0.25, 0.3) is 0 Å². The summed E-state index contributed by atoms with van der Waals surface area (Å²) in [5.74, 6) is 0.111. The van der Waals surface area contributed by atoms with Gasteiger partial charge in [0, 0.05) is 6.04 Å². The first-order valence-corrected chi connectivity index (χ1v) is 5.97. The zero-order chi connectivity index (χ0) is 13.2. The minimum atomic E-state index is -2.84. The molecule has 1 aliphatic rings. The Kier molecular flexibility index (Phi) is 3.82. The van der Waals surface area contributed by atoms with Gasteiger partial charge in [0.1, 0.15) is 5.75 Å². The van der Waals surface area contributed by atoms with Crippen LogP contribution in [-0.2, 0) is 5.54 Å². The Hall–Kier alpha value is -1.20. The van der Waals surface area contributed by atoms with Crippen molar-refractivity contribution in [2.45, 2.75) is 38.0 Å². The van der Waals surface area contributed by atoms with E-state index in [1.807, 2.05) is 6.92 Å². The van der Waals surface area contributed by atoms with Crippen molar-refractivity contribution in [3.8, 4) is 5.75 Å². The molecule has 1 aromatic rings. The van der Waals surface area contributed by atoms with E-state index in [1.165, 1.54) is 12.1 Å². The van der Waals surface area contributed by atoms with Gasteiger partial charge in [-0.15, -0.1) is 0 Å². The van der Waals surface area contributed by atoms with Crippen molar-refractivity contribution in [1.29, 1.82) is 0 Å². The van der Waals surface area contributed by atoms with Crippen molar-refractivity contribution in [2.75, 3.05) is 6.61 Å². The molecular formula is C13H17F2NO2. The van der Waals surface area contributed by atoms with E-state index in [9.17, 15) is 13.9 Å². The van der Waals surface area contributed by atoms with E-state index in [1.54, 1.807) is 12.1 Å². The van der Waals surface area contributed by atoms with Crippen LogP contribution in [0.3, 0.4) is 0 Å². The van der Waals surface area contributed by atoms with Gasteiger partial charge in [-0.1, -0.05) is 12.1 Å². The van der Waals surface area contributed by atoms with Gasteiger partial charge in [-0.25, -0.2) is 0 Å². The molecule has 0 bridgehead atoms. The van der Waals surface area contributed by atoms with Crippen molar-refractivity contribution in [3.05, 3.63) is 29.8 Å². The minimum Gasteiger partial charge on any atom is -0.435 e. The van der Waals surface area contributed by atoms with E-state index in [0.29, 0.717) is 6.04 Å². The Labute approximate surface area is 105 Å². The minimum absolute atomic E-state index is 0.0956. The monoisotopic (exact) mass is 257 g/mol. The zero-order valence-corrected chi connectivity index (χ0v) is 10.2. The fourth-order valence-corrected chi connectivity index (χ4v) is 1.91. The number of alkyl halides is 2. The highest BCUT2D eigenvalue weighted by Crippen LogP contribution is 2.30. The molecule has 0 heterocycles. The SMILES string of the molecule is CC(CO)(NC1CC1)c1cccc(OC(F)F)c1. The predicted octanol–water partition coefficient (Wildman–Crippen LogP) is 2.25. The fraction of sp³-hybridized carbons (Fsp3) is 0.538.